The normalized spacial score (nSPS) is 19.3. The number of benzene rings is 2. The van der Waals surface area contributed by atoms with Crippen molar-refractivity contribution in [3.8, 4) is 11.5 Å². The fourth-order valence-corrected chi connectivity index (χ4v) is 4.28. The van der Waals surface area contributed by atoms with Crippen molar-refractivity contribution < 1.29 is 23.5 Å². The van der Waals surface area contributed by atoms with E-state index in [1.807, 2.05) is 6.07 Å². The number of amides is 1. The smallest absolute Gasteiger partial charge is 0.232 e. The van der Waals surface area contributed by atoms with E-state index in [2.05, 4.69) is 0 Å². The van der Waals surface area contributed by atoms with Crippen molar-refractivity contribution in [2.24, 2.45) is 0 Å². The molecule has 2 aliphatic rings. The minimum Gasteiger partial charge on any atom is -0.497 e. The Labute approximate surface area is 168 Å². The van der Waals surface area contributed by atoms with Crippen LogP contribution in [0, 0.1) is 5.82 Å². The van der Waals surface area contributed by atoms with Crippen LogP contribution in [0.25, 0.3) is 0 Å². The lowest BCUT2D eigenvalue weighted by Crippen LogP contribution is -2.40. The Morgan fingerprint density at radius 1 is 1.03 bits per heavy atom. The number of nitrogens with zero attached hydrogens (tertiary/aromatic N) is 1. The van der Waals surface area contributed by atoms with E-state index >= 15 is 0 Å². The molecule has 0 saturated heterocycles. The van der Waals surface area contributed by atoms with Crippen LogP contribution in [0.1, 0.15) is 37.2 Å². The highest BCUT2D eigenvalue weighted by molar-refractivity contribution is 6.07. The number of hydrogen-bond donors (Lipinski definition) is 0. The maximum Gasteiger partial charge on any atom is 0.232 e. The maximum atomic E-state index is 13.8. The Morgan fingerprint density at radius 3 is 2.59 bits per heavy atom. The Hall–Kier alpha value is -3.15. The van der Waals surface area contributed by atoms with Gasteiger partial charge in [-0.3, -0.25) is 14.5 Å². The van der Waals surface area contributed by atoms with Crippen molar-refractivity contribution in [2.75, 3.05) is 19.1 Å². The molecule has 0 bridgehead atoms. The molecular formula is C23H22FNO4. The van der Waals surface area contributed by atoms with E-state index in [4.69, 9.17) is 9.47 Å². The van der Waals surface area contributed by atoms with Crippen molar-refractivity contribution in [3.63, 3.8) is 0 Å². The first-order valence-corrected chi connectivity index (χ1v) is 9.60. The van der Waals surface area contributed by atoms with Crippen molar-refractivity contribution in [1.29, 1.82) is 0 Å². The monoisotopic (exact) mass is 395 g/mol. The predicted octanol–water partition coefficient (Wildman–Crippen LogP) is 4.37. The zero-order valence-corrected chi connectivity index (χ0v) is 16.4. The average Bonchev–Trinajstić information content (AvgIpc) is 2.72. The van der Waals surface area contributed by atoms with Gasteiger partial charge in [0.15, 0.2) is 5.78 Å². The van der Waals surface area contributed by atoms with Crippen molar-refractivity contribution in [2.45, 2.75) is 31.6 Å². The molecule has 29 heavy (non-hydrogen) atoms. The highest BCUT2D eigenvalue weighted by Crippen LogP contribution is 2.46. The predicted molar refractivity (Wildman–Crippen MR) is 107 cm³/mol. The van der Waals surface area contributed by atoms with Crippen molar-refractivity contribution in [3.05, 3.63) is 65.1 Å². The number of rotatable bonds is 4. The number of carbonyl (C=O) groups excluding carboxylic acids is 2. The summed E-state index contributed by atoms with van der Waals surface area (Å²) in [5.74, 6) is 0.273. The first kappa shape index (κ1) is 19.2. The molecule has 2 aromatic rings. The first-order valence-electron chi connectivity index (χ1n) is 9.60. The Kier molecular flexibility index (Phi) is 5.09. The zero-order chi connectivity index (χ0) is 20.5. The SMILES string of the molecule is COc1ccc([C@@H]2CC(=O)N(c3cccc(F)c3)C3=C2C(=O)CCC3)c(OC)c1. The Balaban J connectivity index is 1.87. The van der Waals surface area contributed by atoms with Gasteiger partial charge in [-0.25, -0.2) is 4.39 Å². The summed E-state index contributed by atoms with van der Waals surface area (Å²) < 4.78 is 24.6. The molecule has 0 radical (unpaired) electrons. The maximum absolute atomic E-state index is 13.8. The van der Waals surface area contributed by atoms with Crippen LogP contribution < -0.4 is 14.4 Å². The fourth-order valence-electron chi connectivity index (χ4n) is 4.28. The molecule has 4 rings (SSSR count). The topological polar surface area (TPSA) is 55.8 Å². The molecule has 1 aliphatic carbocycles. The molecule has 0 aromatic heterocycles. The third kappa shape index (κ3) is 3.39. The second-order valence-corrected chi connectivity index (χ2v) is 7.21. The van der Waals surface area contributed by atoms with Crippen LogP contribution >= 0.6 is 0 Å². The van der Waals surface area contributed by atoms with Crippen LogP contribution in [0.2, 0.25) is 0 Å². The zero-order valence-electron chi connectivity index (χ0n) is 16.4. The van der Waals surface area contributed by atoms with E-state index < -0.39 is 11.7 Å². The standard InChI is InChI=1S/C23H22FNO4/c1-28-16-9-10-17(21(12-16)29-2)18-13-22(27)25(15-6-3-5-14(24)11-15)19-7-4-8-20(26)23(18)19/h3,5-6,9-12,18H,4,7-8,13H2,1-2H3/t18-/m0/s1. The number of halogens is 1. The molecular weight excluding hydrogens is 373 g/mol. The van der Waals surface area contributed by atoms with Gasteiger partial charge in [0, 0.05) is 41.7 Å². The van der Waals surface area contributed by atoms with Gasteiger partial charge in [-0.2, -0.15) is 0 Å². The largest absolute Gasteiger partial charge is 0.497 e. The Morgan fingerprint density at radius 2 is 1.86 bits per heavy atom. The van der Waals surface area contributed by atoms with Crippen LogP contribution in [0.4, 0.5) is 10.1 Å². The fraction of sp³-hybridized carbons (Fsp3) is 0.304. The summed E-state index contributed by atoms with van der Waals surface area (Å²) >= 11 is 0. The summed E-state index contributed by atoms with van der Waals surface area (Å²) in [7, 11) is 3.13. The van der Waals surface area contributed by atoms with Crippen molar-refractivity contribution in [1.82, 2.24) is 0 Å². The summed E-state index contributed by atoms with van der Waals surface area (Å²) in [5.41, 5.74) is 2.54. The summed E-state index contributed by atoms with van der Waals surface area (Å²) in [4.78, 5) is 27.6. The van der Waals surface area contributed by atoms with E-state index in [0.29, 0.717) is 47.7 Å². The minimum absolute atomic E-state index is 0.0306. The molecule has 0 unspecified atom stereocenters. The number of allylic oxidation sites excluding steroid dienone is 2. The van der Waals surface area contributed by atoms with E-state index in [9.17, 15) is 14.0 Å². The van der Waals surface area contributed by atoms with E-state index in [1.54, 1.807) is 38.5 Å². The van der Waals surface area contributed by atoms with Gasteiger partial charge < -0.3 is 9.47 Å². The minimum atomic E-state index is -0.418. The van der Waals surface area contributed by atoms with Crippen LogP contribution in [0.15, 0.2) is 53.7 Å². The van der Waals surface area contributed by atoms with Gasteiger partial charge in [0.05, 0.1) is 19.9 Å². The summed E-state index contributed by atoms with van der Waals surface area (Å²) in [6, 6.07) is 11.3. The lowest BCUT2D eigenvalue weighted by molar-refractivity contribution is -0.119. The third-order valence-corrected chi connectivity index (χ3v) is 5.56. The van der Waals surface area contributed by atoms with Gasteiger partial charge in [0.2, 0.25) is 5.91 Å². The molecule has 1 atom stereocenters. The molecule has 6 heteroatoms. The average molecular weight is 395 g/mol. The number of carbonyl (C=O) groups is 2. The van der Waals surface area contributed by atoms with Gasteiger partial charge >= 0.3 is 0 Å². The Bertz CT molecular complexity index is 1010. The number of hydrogen-bond acceptors (Lipinski definition) is 4. The molecule has 0 saturated carbocycles. The van der Waals surface area contributed by atoms with Gasteiger partial charge in [-0.15, -0.1) is 0 Å². The number of ether oxygens (including phenoxy) is 2. The highest BCUT2D eigenvalue weighted by atomic mass is 19.1. The van der Waals surface area contributed by atoms with Gasteiger partial charge in [0.1, 0.15) is 17.3 Å². The van der Waals surface area contributed by atoms with Crippen LogP contribution in [-0.4, -0.2) is 25.9 Å². The molecule has 1 heterocycles. The molecule has 0 N–H and O–H groups in total. The quantitative estimate of drug-likeness (QED) is 0.771. The number of anilines is 1. The number of methoxy groups -OCH3 is 2. The lowest BCUT2D eigenvalue weighted by atomic mass is 9.77. The summed E-state index contributed by atoms with van der Waals surface area (Å²) in [6.45, 7) is 0. The molecule has 5 nitrogen and oxygen atoms in total. The molecule has 2 aromatic carbocycles. The van der Waals surface area contributed by atoms with E-state index in [1.165, 1.54) is 17.0 Å². The van der Waals surface area contributed by atoms with Gasteiger partial charge in [-0.05, 0) is 37.1 Å². The molecule has 1 aliphatic heterocycles. The second kappa shape index (κ2) is 7.70. The first-order chi connectivity index (χ1) is 14.0. The number of Topliss-reactive ketones (excluding diaryl/α,β-unsaturated/α-hetero) is 1. The highest BCUT2D eigenvalue weighted by Gasteiger charge is 2.40. The van der Waals surface area contributed by atoms with Crippen LogP contribution in [0.5, 0.6) is 11.5 Å². The molecule has 0 fully saturated rings. The van der Waals surface area contributed by atoms with Gasteiger partial charge in [-0.1, -0.05) is 12.1 Å². The summed E-state index contributed by atoms with van der Waals surface area (Å²) in [5, 5.41) is 0. The van der Waals surface area contributed by atoms with E-state index in [0.717, 1.165) is 5.56 Å². The van der Waals surface area contributed by atoms with Crippen molar-refractivity contribution >= 4 is 17.4 Å². The van der Waals surface area contributed by atoms with Crippen LogP contribution in [0.3, 0.4) is 0 Å². The van der Waals surface area contributed by atoms with E-state index in [-0.39, 0.29) is 18.1 Å². The molecule has 1 amide bonds. The second-order valence-electron chi connectivity index (χ2n) is 7.21. The summed E-state index contributed by atoms with van der Waals surface area (Å²) in [6.07, 6.45) is 1.82. The van der Waals surface area contributed by atoms with Gasteiger partial charge in [0.25, 0.3) is 0 Å². The lowest BCUT2D eigenvalue weighted by Gasteiger charge is -2.38. The van der Waals surface area contributed by atoms with Crippen LogP contribution in [-0.2, 0) is 9.59 Å². The molecule has 0 spiro atoms. The number of ketones is 1. The molecule has 150 valence electrons. The third-order valence-electron chi connectivity index (χ3n) is 5.56.